The number of carbonyl (C=O) groups excluding carboxylic acids is 1. The molecule has 5 nitrogen and oxygen atoms in total. The van der Waals surface area contributed by atoms with Gasteiger partial charge in [0, 0.05) is 16.5 Å². The highest BCUT2D eigenvalue weighted by Crippen LogP contribution is 2.35. The normalized spacial score (nSPS) is 10.7. The number of hydrogen-bond donors (Lipinski definition) is 3. The first-order valence-corrected chi connectivity index (χ1v) is 9.14. The van der Waals surface area contributed by atoms with Crippen LogP contribution in [0.2, 0.25) is 0 Å². The first kappa shape index (κ1) is 18.6. The van der Waals surface area contributed by atoms with E-state index in [2.05, 4.69) is 15.6 Å². The zero-order chi connectivity index (χ0) is 20.4. The summed E-state index contributed by atoms with van der Waals surface area (Å²) >= 11 is 0. The number of urea groups is 1. The molecule has 1 heterocycles. The molecule has 3 N–H and O–H groups in total. The average molecular weight is 389 g/mol. The topological polar surface area (TPSA) is 66.2 Å². The average Bonchev–Trinajstić information content (AvgIpc) is 3.07. The Morgan fingerprint density at radius 3 is 2.52 bits per heavy atom. The van der Waals surface area contributed by atoms with Crippen LogP contribution in [0.15, 0.2) is 66.7 Å². The van der Waals surface area contributed by atoms with Crippen molar-refractivity contribution in [3.8, 4) is 17.0 Å². The summed E-state index contributed by atoms with van der Waals surface area (Å²) in [6.45, 7) is 1.94. The van der Waals surface area contributed by atoms with Crippen molar-refractivity contribution >= 4 is 28.3 Å². The summed E-state index contributed by atoms with van der Waals surface area (Å²) in [5.74, 6) is 0.257. The lowest BCUT2D eigenvalue weighted by atomic mass is 10.1. The van der Waals surface area contributed by atoms with E-state index in [1.165, 1.54) is 12.1 Å². The molecule has 0 atom stereocenters. The van der Waals surface area contributed by atoms with Crippen molar-refractivity contribution in [2.24, 2.45) is 0 Å². The summed E-state index contributed by atoms with van der Waals surface area (Å²) in [6, 6.07) is 18.9. The van der Waals surface area contributed by atoms with Crippen molar-refractivity contribution in [3.63, 3.8) is 0 Å². The van der Waals surface area contributed by atoms with Gasteiger partial charge in [-0.25, -0.2) is 9.18 Å². The Morgan fingerprint density at radius 1 is 1.00 bits per heavy atom. The van der Waals surface area contributed by atoms with Crippen molar-refractivity contribution in [2.75, 3.05) is 17.7 Å². The molecular weight excluding hydrogens is 369 g/mol. The quantitative estimate of drug-likeness (QED) is 0.405. The molecule has 1 aromatic heterocycles. The largest absolute Gasteiger partial charge is 0.495 e. The van der Waals surface area contributed by atoms with Crippen molar-refractivity contribution in [1.82, 2.24) is 4.98 Å². The van der Waals surface area contributed by atoms with E-state index < -0.39 is 6.03 Å². The molecule has 0 saturated heterocycles. The minimum absolute atomic E-state index is 0.316. The van der Waals surface area contributed by atoms with Gasteiger partial charge in [-0.15, -0.1) is 0 Å². The van der Waals surface area contributed by atoms with E-state index in [1.807, 2.05) is 43.3 Å². The number of hydrogen-bond acceptors (Lipinski definition) is 2. The second-order valence-corrected chi connectivity index (χ2v) is 6.71. The van der Waals surface area contributed by atoms with Crippen LogP contribution in [0.25, 0.3) is 22.2 Å². The molecular formula is C23H20FN3O2. The molecule has 0 saturated carbocycles. The monoisotopic (exact) mass is 389 g/mol. The summed E-state index contributed by atoms with van der Waals surface area (Å²) in [7, 11) is 1.56. The van der Waals surface area contributed by atoms with Gasteiger partial charge in [0.1, 0.15) is 11.6 Å². The van der Waals surface area contributed by atoms with Gasteiger partial charge in [0.2, 0.25) is 0 Å². The summed E-state index contributed by atoms with van der Waals surface area (Å²) < 4.78 is 18.7. The van der Waals surface area contributed by atoms with Crippen LogP contribution in [-0.4, -0.2) is 18.1 Å². The Hall–Kier alpha value is -3.80. The SMILES string of the molecule is COc1ccc(C)cc1NC(=O)Nc1c(-c2ccc(F)cc2)[nH]c2ccccc12. The second kappa shape index (κ2) is 7.67. The Bertz CT molecular complexity index is 1180. The summed E-state index contributed by atoms with van der Waals surface area (Å²) in [5, 5.41) is 6.64. The molecule has 0 aliphatic heterocycles. The van der Waals surface area contributed by atoms with Crippen LogP contribution < -0.4 is 15.4 Å². The van der Waals surface area contributed by atoms with Crippen LogP contribution in [0.4, 0.5) is 20.6 Å². The van der Waals surface area contributed by atoms with Gasteiger partial charge in [0.25, 0.3) is 0 Å². The van der Waals surface area contributed by atoms with Gasteiger partial charge in [-0.05, 0) is 55.0 Å². The van der Waals surface area contributed by atoms with Gasteiger partial charge in [-0.3, -0.25) is 0 Å². The van der Waals surface area contributed by atoms with E-state index in [9.17, 15) is 9.18 Å². The molecule has 2 amide bonds. The van der Waals surface area contributed by atoms with Gasteiger partial charge in [0.05, 0.1) is 24.2 Å². The number of methoxy groups -OCH3 is 1. The van der Waals surface area contributed by atoms with E-state index in [0.717, 1.165) is 22.0 Å². The fourth-order valence-corrected chi connectivity index (χ4v) is 3.29. The van der Waals surface area contributed by atoms with E-state index in [4.69, 9.17) is 4.74 Å². The van der Waals surface area contributed by atoms with E-state index in [-0.39, 0.29) is 5.82 Å². The van der Waals surface area contributed by atoms with Crippen molar-refractivity contribution in [2.45, 2.75) is 6.92 Å². The molecule has 0 aliphatic carbocycles. The maximum Gasteiger partial charge on any atom is 0.323 e. The predicted octanol–water partition coefficient (Wildman–Crippen LogP) is 5.94. The summed E-state index contributed by atoms with van der Waals surface area (Å²) in [5.41, 5.74) is 4.54. The maximum atomic E-state index is 13.4. The van der Waals surface area contributed by atoms with Gasteiger partial charge in [-0.1, -0.05) is 24.3 Å². The third-order valence-electron chi connectivity index (χ3n) is 4.68. The predicted molar refractivity (Wildman–Crippen MR) is 114 cm³/mol. The third-order valence-corrected chi connectivity index (χ3v) is 4.68. The van der Waals surface area contributed by atoms with Gasteiger partial charge in [0.15, 0.2) is 0 Å². The number of carbonyl (C=O) groups is 1. The van der Waals surface area contributed by atoms with Crippen LogP contribution in [-0.2, 0) is 0 Å². The minimum Gasteiger partial charge on any atom is -0.495 e. The van der Waals surface area contributed by atoms with Crippen LogP contribution in [0.1, 0.15) is 5.56 Å². The maximum absolute atomic E-state index is 13.4. The second-order valence-electron chi connectivity index (χ2n) is 6.71. The molecule has 0 fully saturated rings. The van der Waals surface area contributed by atoms with E-state index in [0.29, 0.717) is 22.8 Å². The first-order valence-electron chi connectivity index (χ1n) is 9.14. The van der Waals surface area contributed by atoms with Crippen molar-refractivity contribution in [3.05, 3.63) is 78.1 Å². The van der Waals surface area contributed by atoms with Crippen LogP contribution in [0, 0.1) is 12.7 Å². The summed E-state index contributed by atoms with van der Waals surface area (Å²) in [6.07, 6.45) is 0. The van der Waals surface area contributed by atoms with Crippen molar-refractivity contribution in [1.29, 1.82) is 0 Å². The fourth-order valence-electron chi connectivity index (χ4n) is 3.29. The molecule has 0 unspecified atom stereocenters. The van der Waals surface area contributed by atoms with Crippen molar-refractivity contribution < 1.29 is 13.9 Å². The Morgan fingerprint density at radius 2 is 1.76 bits per heavy atom. The van der Waals surface area contributed by atoms with Gasteiger partial charge in [-0.2, -0.15) is 0 Å². The molecule has 0 aliphatic rings. The number of anilines is 2. The molecule has 0 bridgehead atoms. The number of H-pyrrole nitrogens is 1. The Balaban J connectivity index is 1.70. The molecule has 3 aromatic carbocycles. The van der Waals surface area contributed by atoms with Crippen LogP contribution >= 0.6 is 0 Å². The minimum atomic E-state index is -0.401. The van der Waals surface area contributed by atoms with Gasteiger partial charge < -0.3 is 20.4 Å². The zero-order valence-corrected chi connectivity index (χ0v) is 16.0. The van der Waals surface area contributed by atoms with E-state index >= 15 is 0 Å². The smallest absolute Gasteiger partial charge is 0.323 e. The number of fused-ring (bicyclic) bond motifs is 1. The highest BCUT2D eigenvalue weighted by molar-refractivity contribution is 6.11. The lowest BCUT2D eigenvalue weighted by molar-refractivity contribution is 0.262. The first-order chi connectivity index (χ1) is 14.0. The number of rotatable bonds is 4. The molecule has 6 heteroatoms. The van der Waals surface area contributed by atoms with E-state index in [1.54, 1.807) is 25.3 Å². The number of aromatic amines is 1. The van der Waals surface area contributed by atoms with Crippen LogP contribution in [0.5, 0.6) is 5.75 Å². The molecule has 29 heavy (non-hydrogen) atoms. The third kappa shape index (κ3) is 3.78. The number of amides is 2. The number of para-hydroxylation sites is 1. The zero-order valence-electron chi connectivity index (χ0n) is 16.0. The number of nitrogens with one attached hydrogen (secondary N) is 3. The number of ether oxygens (including phenoxy) is 1. The molecule has 4 aromatic rings. The highest BCUT2D eigenvalue weighted by atomic mass is 19.1. The number of aromatic nitrogens is 1. The lowest BCUT2D eigenvalue weighted by Crippen LogP contribution is -2.20. The van der Waals surface area contributed by atoms with Crippen LogP contribution in [0.3, 0.4) is 0 Å². The van der Waals surface area contributed by atoms with Gasteiger partial charge >= 0.3 is 6.03 Å². The molecule has 0 spiro atoms. The lowest BCUT2D eigenvalue weighted by Gasteiger charge is -2.13. The number of halogens is 1. The fraction of sp³-hybridized carbons (Fsp3) is 0.0870. The summed E-state index contributed by atoms with van der Waals surface area (Å²) in [4.78, 5) is 16.1. The Labute approximate surface area is 167 Å². The standard InChI is InChI=1S/C23H20FN3O2/c1-14-7-12-20(29-2)19(13-14)26-23(28)27-22-17-5-3-4-6-18(17)25-21(22)15-8-10-16(24)11-9-15/h3-13,25H,1-2H3,(H2,26,27,28). The number of benzene rings is 3. The number of aryl methyl sites for hydroxylation is 1. The Kier molecular flexibility index (Phi) is 4.91. The molecule has 4 rings (SSSR count). The molecule has 146 valence electrons. The highest BCUT2D eigenvalue weighted by Gasteiger charge is 2.16. The molecule has 0 radical (unpaired) electrons.